The molecule has 7 heteroatoms. The summed E-state index contributed by atoms with van der Waals surface area (Å²) in [5.41, 5.74) is 0. The number of imidazole rings is 1. The highest BCUT2D eigenvalue weighted by Crippen LogP contribution is 2.15. The Hall–Kier alpha value is -1.39. The zero-order valence-electron chi connectivity index (χ0n) is 9.45. The molecular weight excluding hydrogens is 228 g/mol. The van der Waals surface area contributed by atoms with Crippen molar-refractivity contribution in [2.45, 2.75) is 24.9 Å². The standard InChI is InChI=1S/C9H14N4O2S/c1-8(2)13(5-4-10)16(14,15)9-6-12(3)7-11-9/h6-8H,5H2,1-3H3. The molecule has 0 saturated carbocycles. The molecule has 0 aromatic carbocycles. The quantitative estimate of drug-likeness (QED) is 0.713. The molecule has 0 aliphatic rings. The number of aryl methyl sites for hydroxylation is 1. The first-order valence-electron chi connectivity index (χ1n) is 4.76. The van der Waals surface area contributed by atoms with Gasteiger partial charge in [-0.25, -0.2) is 13.4 Å². The van der Waals surface area contributed by atoms with Crippen LogP contribution in [-0.2, 0) is 17.1 Å². The third-order valence-electron chi connectivity index (χ3n) is 2.06. The van der Waals surface area contributed by atoms with Gasteiger partial charge in [-0.2, -0.15) is 9.57 Å². The third-order valence-corrected chi connectivity index (χ3v) is 3.96. The Morgan fingerprint density at radius 1 is 1.62 bits per heavy atom. The number of aromatic nitrogens is 2. The van der Waals surface area contributed by atoms with Gasteiger partial charge in [0.25, 0.3) is 10.0 Å². The van der Waals surface area contributed by atoms with Crippen molar-refractivity contribution < 1.29 is 8.42 Å². The molecule has 0 saturated heterocycles. The monoisotopic (exact) mass is 242 g/mol. The van der Waals surface area contributed by atoms with E-state index in [9.17, 15) is 8.42 Å². The van der Waals surface area contributed by atoms with E-state index in [4.69, 9.17) is 5.26 Å². The van der Waals surface area contributed by atoms with Crippen molar-refractivity contribution in [1.82, 2.24) is 13.9 Å². The fraction of sp³-hybridized carbons (Fsp3) is 0.556. The fourth-order valence-electron chi connectivity index (χ4n) is 1.26. The van der Waals surface area contributed by atoms with E-state index in [0.29, 0.717) is 0 Å². The van der Waals surface area contributed by atoms with E-state index in [1.54, 1.807) is 25.5 Å². The van der Waals surface area contributed by atoms with Crippen molar-refractivity contribution in [1.29, 1.82) is 5.26 Å². The van der Waals surface area contributed by atoms with E-state index in [2.05, 4.69) is 4.98 Å². The van der Waals surface area contributed by atoms with E-state index in [1.807, 2.05) is 6.07 Å². The molecular formula is C9H14N4O2S. The molecule has 16 heavy (non-hydrogen) atoms. The summed E-state index contributed by atoms with van der Waals surface area (Å²) in [6, 6.07) is 1.57. The summed E-state index contributed by atoms with van der Waals surface area (Å²) < 4.78 is 26.8. The first-order chi connectivity index (χ1) is 7.39. The summed E-state index contributed by atoms with van der Waals surface area (Å²) in [7, 11) is -1.97. The van der Waals surface area contributed by atoms with Crippen molar-refractivity contribution in [2.75, 3.05) is 6.54 Å². The van der Waals surface area contributed by atoms with Gasteiger partial charge in [-0.15, -0.1) is 0 Å². The van der Waals surface area contributed by atoms with Gasteiger partial charge in [-0.3, -0.25) is 0 Å². The Morgan fingerprint density at radius 2 is 2.25 bits per heavy atom. The van der Waals surface area contributed by atoms with Crippen LogP contribution in [0.2, 0.25) is 0 Å². The molecule has 0 atom stereocenters. The average molecular weight is 242 g/mol. The Bertz CT molecular complexity index is 498. The molecule has 0 bridgehead atoms. The molecule has 0 amide bonds. The third kappa shape index (κ3) is 2.40. The van der Waals surface area contributed by atoms with Gasteiger partial charge in [0.05, 0.1) is 12.4 Å². The van der Waals surface area contributed by atoms with Crippen LogP contribution in [0.15, 0.2) is 17.6 Å². The minimum absolute atomic E-state index is 0.0287. The molecule has 0 N–H and O–H groups in total. The maximum atomic E-state index is 12.1. The lowest BCUT2D eigenvalue weighted by atomic mass is 10.4. The minimum atomic E-state index is -3.66. The Labute approximate surface area is 95.2 Å². The van der Waals surface area contributed by atoms with Gasteiger partial charge in [-0.1, -0.05) is 0 Å². The molecule has 1 heterocycles. The Morgan fingerprint density at radius 3 is 2.62 bits per heavy atom. The smallest absolute Gasteiger partial charge is 0.263 e. The highest BCUT2D eigenvalue weighted by molar-refractivity contribution is 7.89. The van der Waals surface area contributed by atoms with Crippen LogP contribution in [0, 0.1) is 11.3 Å². The highest BCUT2D eigenvalue weighted by Gasteiger charge is 2.28. The summed E-state index contributed by atoms with van der Waals surface area (Å²) in [5.74, 6) is 0. The molecule has 1 aromatic rings. The Balaban J connectivity index is 3.14. The van der Waals surface area contributed by atoms with E-state index in [-0.39, 0.29) is 17.6 Å². The van der Waals surface area contributed by atoms with Crippen LogP contribution >= 0.6 is 0 Å². The summed E-state index contributed by atoms with van der Waals surface area (Å²) in [5, 5.41) is 8.59. The number of hydrogen-bond acceptors (Lipinski definition) is 4. The van der Waals surface area contributed by atoms with Crippen LogP contribution in [0.1, 0.15) is 13.8 Å². The zero-order valence-corrected chi connectivity index (χ0v) is 10.3. The van der Waals surface area contributed by atoms with Crippen LogP contribution < -0.4 is 0 Å². The van der Waals surface area contributed by atoms with E-state index >= 15 is 0 Å². The number of hydrogen-bond donors (Lipinski definition) is 0. The molecule has 0 aliphatic heterocycles. The second-order valence-electron chi connectivity index (χ2n) is 3.68. The number of nitrogens with zero attached hydrogens (tertiary/aromatic N) is 4. The van der Waals surface area contributed by atoms with E-state index < -0.39 is 10.0 Å². The van der Waals surface area contributed by atoms with Crippen LogP contribution in [0.5, 0.6) is 0 Å². The van der Waals surface area contributed by atoms with Crippen LogP contribution in [0.4, 0.5) is 0 Å². The lowest BCUT2D eigenvalue weighted by Crippen LogP contribution is -2.37. The predicted molar refractivity (Wildman–Crippen MR) is 57.8 cm³/mol. The lowest BCUT2D eigenvalue weighted by Gasteiger charge is -2.21. The molecule has 6 nitrogen and oxygen atoms in total. The van der Waals surface area contributed by atoms with Crippen LogP contribution in [0.3, 0.4) is 0 Å². The molecule has 0 aliphatic carbocycles. The van der Waals surface area contributed by atoms with Gasteiger partial charge < -0.3 is 4.57 Å². The van der Waals surface area contributed by atoms with Gasteiger partial charge >= 0.3 is 0 Å². The van der Waals surface area contributed by atoms with Crippen molar-refractivity contribution in [3.63, 3.8) is 0 Å². The van der Waals surface area contributed by atoms with Gasteiger partial charge in [0, 0.05) is 19.3 Å². The highest BCUT2D eigenvalue weighted by atomic mass is 32.2. The molecule has 1 rings (SSSR count). The second-order valence-corrected chi connectivity index (χ2v) is 5.52. The summed E-state index contributed by atoms with van der Waals surface area (Å²) in [6.45, 7) is 3.27. The molecule has 1 aromatic heterocycles. The lowest BCUT2D eigenvalue weighted by molar-refractivity contribution is 0.384. The fourth-order valence-corrected chi connectivity index (χ4v) is 2.76. The van der Waals surface area contributed by atoms with E-state index in [0.717, 1.165) is 4.31 Å². The average Bonchev–Trinajstić information content (AvgIpc) is 2.61. The summed E-state index contributed by atoms with van der Waals surface area (Å²) >= 11 is 0. The van der Waals surface area contributed by atoms with Crippen molar-refractivity contribution >= 4 is 10.0 Å². The van der Waals surface area contributed by atoms with Gasteiger partial charge in [0.2, 0.25) is 0 Å². The SMILES string of the molecule is CC(C)N(CC#N)S(=O)(=O)c1cn(C)cn1. The van der Waals surface area contributed by atoms with Crippen LogP contribution in [-0.4, -0.2) is 34.9 Å². The predicted octanol–water partition coefficient (Wildman–Crippen LogP) is 0.343. The number of nitriles is 1. The summed E-state index contributed by atoms with van der Waals surface area (Å²) in [4.78, 5) is 3.80. The minimum Gasteiger partial charge on any atom is -0.339 e. The van der Waals surface area contributed by atoms with E-state index in [1.165, 1.54) is 12.5 Å². The Kier molecular flexibility index (Phi) is 3.67. The van der Waals surface area contributed by atoms with Gasteiger partial charge in [0.1, 0.15) is 6.54 Å². The zero-order chi connectivity index (χ0) is 12.3. The second kappa shape index (κ2) is 4.63. The van der Waals surface area contributed by atoms with Crippen molar-refractivity contribution in [3.05, 3.63) is 12.5 Å². The first-order valence-corrected chi connectivity index (χ1v) is 6.20. The molecule has 0 unspecified atom stereocenters. The normalized spacial score (nSPS) is 12.0. The maximum Gasteiger partial charge on any atom is 0.263 e. The van der Waals surface area contributed by atoms with Crippen molar-refractivity contribution in [2.24, 2.45) is 7.05 Å². The van der Waals surface area contributed by atoms with Crippen LogP contribution in [0.25, 0.3) is 0 Å². The molecule has 0 fully saturated rings. The number of sulfonamides is 1. The van der Waals surface area contributed by atoms with Crippen molar-refractivity contribution in [3.8, 4) is 6.07 Å². The van der Waals surface area contributed by atoms with Gasteiger partial charge in [0.15, 0.2) is 5.03 Å². The number of rotatable bonds is 4. The largest absolute Gasteiger partial charge is 0.339 e. The molecule has 0 spiro atoms. The molecule has 88 valence electrons. The first kappa shape index (κ1) is 12.7. The maximum absolute atomic E-state index is 12.1. The van der Waals surface area contributed by atoms with Gasteiger partial charge in [-0.05, 0) is 13.8 Å². The molecule has 0 radical (unpaired) electrons. The topological polar surface area (TPSA) is 79.0 Å². The summed E-state index contributed by atoms with van der Waals surface area (Å²) in [6.07, 6.45) is 2.83.